The Morgan fingerprint density at radius 2 is 2.26 bits per heavy atom. The van der Waals surface area contributed by atoms with Crippen LogP contribution in [0.15, 0.2) is 21.9 Å². The maximum Gasteiger partial charge on any atom is 0.330 e. The van der Waals surface area contributed by atoms with Gasteiger partial charge in [-0.2, -0.15) is 0 Å². The van der Waals surface area contributed by atoms with Gasteiger partial charge in [0.15, 0.2) is 6.23 Å². The lowest BCUT2D eigenvalue weighted by atomic mass is 10.1. The van der Waals surface area contributed by atoms with Crippen LogP contribution in [0.4, 0.5) is 0 Å². The third-order valence-corrected chi connectivity index (χ3v) is 3.04. The van der Waals surface area contributed by atoms with Crippen LogP contribution in [0, 0.1) is 0 Å². The van der Waals surface area contributed by atoms with Crippen LogP contribution in [0.1, 0.15) is 6.23 Å². The van der Waals surface area contributed by atoms with Gasteiger partial charge in [0.2, 0.25) is 5.79 Å². The minimum Gasteiger partial charge on any atom is -0.394 e. The van der Waals surface area contributed by atoms with Crippen molar-refractivity contribution in [3.63, 3.8) is 0 Å². The van der Waals surface area contributed by atoms with E-state index in [1.165, 1.54) is 0 Å². The molecule has 1 saturated heterocycles. The van der Waals surface area contributed by atoms with Crippen molar-refractivity contribution in [3.8, 4) is 0 Å². The van der Waals surface area contributed by atoms with Gasteiger partial charge in [0.05, 0.1) is 6.61 Å². The molecule has 9 heteroatoms. The SMILES string of the molecule is CO[C@@]1(O)[C@H](O)[C@@H](CO)O[C@H]1n1ccc(=O)[nH]c1=O. The first kappa shape index (κ1) is 13.9. The summed E-state index contributed by atoms with van der Waals surface area (Å²) in [4.78, 5) is 24.6. The normalized spacial score (nSPS) is 34.6. The minimum atomic E-state index is -2.21. The van der Waals surface area contributed by atoms with E-state index in [9.17, 15) is 19.8 Å². The lowest BCUT2D eigenvalue weighted by molar-refractivity contribution is -0.265. The Bertz CT molecular complexity index is 567. The van der Waals surface area contributed by atoms with Crippen molar-refractivity contribution in [2.24, 2.45) is 0 Å². The van der Waals surface area contributed by atoms with E-state index in [4.69, 9.17) is 14.6 Å². The summed E-state index contributed by atoms with van der Waals surface area (Å²) in [5, 5.41) is 29.1. The fraction of sp³-hybridized carbons (Fsp3) is 0.600. The van der Waals surface area contributed by atoms with Gasteiger partial charge in [-0.15, -0.1) is 0 Å². The molecule has 0 aromatic carbocycles. The van der Waals surface area contributed by atoms with Crippen LogP contribution >= 0.6 is 0 Å². The van der Waals surface area contributed by atoms with Crippen molar-refractivity contribution < 1.29 is 24.8 Å². The molecule has 9 nitrogen and oxygen atoms in total. The zero-order valence-corrected chi connectivity index (χ0v) is 10.0. The molecule has 1 aliphatic heterocycles. The number of nitrogens with one attached hydrogen (secondary N) is 1. The number of aliphatic hydroxyl groups is 3. The summed E-state index contributed by atoms with van der Waals surface area (Å²) in [5.41, 5.74) is -1.45. The molecule has 19 heavy (non-hydrogen) atoms. The van der Waals surface area contributed by atoms with Crippen LogP contribution in [0.2, 0.25) is 0 Å². The van der Waals surface area contributed by atoms with E-state index in [0.717, 1.165) is 23.9 Å². The third kappa shape index (κ3) is 2.11. The average molecular weight is 274 g/mol. The number of rotatable bonds is 3. The molecule has 0 unspecified atom stereocenters. The first-order valence-electron chi connectivity index (χ1n) is 5.47. The minimum absolute atomic E-state index is 0.568. The maximum atomic E-state index is 11.6. The number of H-pyrrole nitrogens is 1. The molecule has 1 aromatic rings. The molecule has 0 amide bonds. The van der Waals surface area contributed by atoms with E-state index in [1.807, 2.05) is 4.98 Å². The summed E-state index contributed by atoms with van der Waals surface area (Å²) >= 11 is 0. The van der Waals surface area contributed by atoms with E-state index in [1.54, 1.807) is 0 Å². The van der Waals surface area contributed by atoms with Gasteiger partial charge in [-0.1, -0.05) is 0 Å². The summed E-state index contributed by atoms with van der Waals surface area (Å²) < 4.78 is 10.9. The fourth-order valence-corrected chi connectivity index (χ4v) is 1.99. The Balaban J connectivity index is 2.48. The predicted molar refractivity (Wildman–Crippen MR) is 60.3 cm³/mol. The summed E-state index contributed by atoms with van der Waals surface area (Å²) in [5.74, 6) is -2.21. The molecule has 2 rings (SSSR count). The summed E-state index contributed by atoms with van der Waals surface area (Å²) in [6, 6.07) is 1.06. The summed E-state index contributed by atoms with van der Waals surface area (Å²) in [6.07, 6.45) is -2.96. The molecular weight excluding hydrogens is 260 g/mol. The number of nitrogens with zero attached hydrogens (tertiary/aromatic N) is 1. The molecule has 0 bridgehead atoms. The Hall–Kier alpha value is -1.52. The van der Waals surface area contributed by atoms with Crippen LogP contribution in [-0.2, 0) is 9.47 Å². The lowest BCUT2D eigenvalue weighted by Crippen LogP contribution is -2.50. The number of aromatic nitrogens is 2. The molecule has 0 spiro atoms. The number of aromatic amines is 1. The van der Waals surface area contributed by atoms with Gasteiger partial charge in [-0.05, 0) is 0 Å². The van der Waals surface area contributed by atoms with Crippen LogP contribution in [-0.4, -0.2) is 56.6 Å². The van der Waals surface area contributed by atoms with Crippen molar-refractivity contribution in [2.75, 3.05) is 13.7 Å². The highest BCUT2D eigenvalue weighted by atomic mass is 16.7. The largest absolute Gasteiger partial charge is 0.394 e. The van der Waals surface area contributed by atoms with Crippen LogP contribution < -0.4 is 11.2 Å². The highest BCUT2D eigenvalue weighted by Gasteiger charge is 2.57. The number of methoxy groups -OCH3 is 1. The van der Waals surface area contributed by atoms with Crippen molar-refractivity contribution in [1.82, 2.24) is 9.55 Å². The van der Waals surface area contributed by atoms with E-state index in [0.29, 0.717) is 0 Å². The van der Waals surface area contributed by atoms with Crippen molar-refractivity contribution in [1.29, 1.82) is 0 Å². The Kier molecular flexibility index (Phi) is 3.56. The zero-order valence-electron chi connectivity index (χ0n) is 10.0. The molecule has 1 aliphatic rings. The van der Waals surface area contributed by atoms with E-state index >= 15 is 0 Å². The molecular formula is C10H14N2O7. The third-order valence-electron chi connectivity index (χ3n) is 3.04. The standard InChI is InChI=1S/C10H14N2O7/c1-18-10(17)7(15)5(4-13)19-8(10)12-3-2-6(14)11-9(12)16/h2-3,5,7-8,13,15,17H,4H2,1H3,(H,11,14,16)/t5-,7-,8-,10+/m1/s1. The van der Waals surface area contributed by atoms with Crippen molar-refractivity contribution in [2.45, 2.75) is 24.2 Å². The molecule has 2 heterocycles. The van der Waals surface area contributed by atoms with E-state index in [2.05, 4.69) is 0 Å². The number of aliphatic hydroxyl groups excluding tert-OH is 2. The zero-order chi connectivity index (χ0) is 14.2. The molecule has 0 radical (unpaired) electrons. The van der Waals surface area contributed by atoms with Crippen LogP contribution in [0.25, 0.3) is 0 Å². The molecule has 0 saturated carbocycles. The van der Waals surface area contributed by atoms with Gasteiger partial charge in [-0.25, -0.2) is 4.79 Å². The summed E-state index contributed by atoms with van der Waals surface area (Å²) in [7, 11) is 1.12. The summed E-state index contributed by atoms with van der Waals surface area (Å²) in [6.45, 7) is -0.568. The van der Waals surface area contributed by atoms with Gasteiger partial charge in [0, 0.05) is 19.4 Å². The van der Waals surface area contributed by atoms with Gasteiger partial charge in [0.1, 0.15) is 12.2 Å². The average Bonchev–Trinajstić information content (AvgIpc) is 2.63. The van der Waals surface area contributed by atoms with Crippen LogP contribution in [0.5, 0.6) is 0 Å². The Morgan fingerprint density at radius 1 is 1.58 bits per heavy atom. The first-order chi connectivity index (χ1) is 8.93. The monoisotopic (exact) mass is 274 g/mol. The first-order valence-corrected chi connectivity index (χ1v) is 5.47. The Labute approximate surface area is 106 Å². The molecule has 1 fully saturated rings. The van der Waals surface area contributed by atoms with Gasteiger partial charge >= 0.3 is 5.69 Å². The lowest BCUT2D eigenvalue weighted by Gasteiger charge is -2.29. The molecule has 4 atom stereocenters. The van der Waals surface area contributed by atoms with Crippen LogP contribution in [0.3, 0.4) is 0 Å². The highest BCUT2D eigenvalue weighted by molar-refractivity contribution is 4.98. The van der Waals surface area contributed by atoms with E-state index < -0.39 is 42.1 Å². The fourth-order valence-electron chi connectivity index (χ4n) is 1.99. The van der Waals surface area contributed by atoms with Gasteiger partial charge in [-0.3, -0.25) is 14.3 Å². The van der Waals surface area contributed by atoms with Crippen molar-refractivity contribution in [3.05, 3.63) is 33.1 Å². The highest BCUT2D eigenvalue weighted by Crippen LogP contribution is 2.37. The van der Waals surface area contributed by atoms with Gasteiger partial charge in [0.25, 0.3) is 5.56 Å². The second kappa shape index (κ2) is 4.87. The van der Waals surface area contributed by atoms with Gasteiger partial charge < -0.3 is 24.8 Å². The second-order valence-corrected chi connectivity index (χ2v) is 4.13. The smallest absolute Gasteiger partial charge is 0.330 e. The predicted octanol–water partition coefficient (Wildman–Crippen LogP) is -2.88. The molecule has 4 N–H and O–H groups in total. The molecule has 0 aliphatic carbocycles. The number of ether oxygens (including phenoxy) is 2. The molecule has 106 valence electrons. The van der Waals surface area contributed by atoms with Crippen molar-refractivity contribution >= 4 is 0 Å². The maximum absolute atomic E-state index is 11.6. The number of hydrogen-bond acceptors (Lipinski definition) is 7. The van der Waals surface area contributed by atoms with E-state index in [-0.39, 0.29) is 0 Å². The quantitative estimate of drug-likeness (QED) is 0.435. The topological polar surface area (TPSA) is 134 Å². The molecule has 1 aromatic heterocycles. The Morgan fingerprint density at radius 3 is 2.79 bits per heavy atom. The second-order valence-electron chi connectivity index (χ2n) is 4.13. The number of hydrogen-bond donors (Lipinski definition) is 4.